The minimum Gasteiger partial charge on any atom is -0.444 e. The molecule has 0 saturated carbocycles. The van der Waals surface area contributed by atoms with Crippen molar-refractivity contribution in [3.05, 3.63) is 23.3 Å². The molecule has 13 heteroatoms. The monoisotopic (exact) mass is 457 g/mol. The number of amides is 4. The zero-order valence-electron chi connectivity index (χ0n) is 16.9. The van der Waals surface area contributed by atoms with E-state index in [1.54, 1.807) is 20.8 Å². The van der Waals surface area contributed by atoms with Gasteiger partial charge in [-0.1, -0.05) is 3.89 Å². The Morgan fingerprint density at radius 2 is 1.94 bits per heavy atom. The molecule has 1 aromatic rings. The smallest absolute Gasteiger partial charge is 0.444 e. The number of hydrogen-bond donors (Lipinski definition) is 2. The van der Waals surface area contributed by atoms with E-state index in [1.807, 2.05) is 0 Å². The van der Waals surface area contributed by atoms with Gasteiger partial charge in [0.25, 0.3) is 5.91 Å². The van der Waals surface area contributed by atoms with E-state index < -0.39 is 51.7 Å². The van der Waals surface area contributed by atoms with E-state index in [0.717, 1.165) is 12.1 Å². The molecule has 2 aliphatic heterocycles. The summed E-state index contributed by atoms with van der Waals surface area (Å²) in [5.74, 6) is -2.33. The molecular formula is C18H20FN3O8S. The third kappa shape index (κ3) is 5.29. The third-order valence-corrected chi connectivity index (χ3v) is 4.85. The molecule has 0 radical (unpaired) electrons. The van der Waals surface area contributed by atoms with Crippen molar-refractivity contribution >= 4 is 40.0 Å². The fourth-order valence-corrected chi connectivity index (χ4v) is 3.65. The standard InChI is InChI=1S/C18H20FN3O8S/c1-18(2,3)29-17(26)20-12-7-9(30-31(19,27)28)6-10-11(12)8-22(16(10)25)13-4-5-14(23)21-15(13)24/h6-7,13H,4-5,8H2,1-3H3,(H,20,26)(H,21,23,24). The van der Waals surface area contributed by atoms with Crippen LogP contribution in [-0.4, -0.2) is 48.8 Å². The Hall–Kier alpha value is -3.22. The highest BCUT2D eigenvalue weighted by Gasteiger charge is 2.40. The second kappa shape index (κ2) is 7.80. The van der Waals surface area contributed by atoms with E-state index in [-0.39, 0.29) is 36.2 Å². The van der Waals surface area contributed by atoms with Crippen molar-refractivity contribution in [2.75, 3.05) is 5.32 Å². The molecule has 1 aromatic carbocycles. The normalized spacial score (nSPS) is 19.0. The van der Waals surface area contributed by atoms with E-state index in [0.29, 0.717) is 0 Å². The van der Waals surface area contributed by atoms with Gasteiger partial charge in [-0.05, 0) is 33.3 Å². The molecule has 1 fully saturated rings. The van der Waals surface area contributed by atoms with Crippen molar-refractivity contribution in [2.24, 2.45) is 0 Å². The minimum absolute atomic E-state index is 0.0357. The number of ether oxygens (including phenoxy) is 1. The number of hydrogen-bond acceptors (Lipinski definition) is 8. The Labute approximate surface area is 177 Å². The number of imide groups is 1. The number of halogens is 1. The third-order valence-electron chi connectivity index (χ3n) is 4.46. The first-order valence-electron chi connectivity index (χ1n) is 9.19. The van der Waals surface area contributed by atoms with Crippen LogP contribution in [0.2, 0.25) is 0 Å². The molecule has 31 heavy (non-hydrogen) atoms. The lowest BCUT2D eigenvalue weighted by molar-refractivity contribution is -0.136. The summed E-state index contributed by atoms with van der Waals surface area (Å²) in [6.45, 7) is 4.76. The Balaban J connectivity index is 1.97. The van der Waals surface area contributed by atoms with Gasteiger partial charge in [0.05, 0.1) is 11.3 Å². The summed E-state index contributed by atoms with van der Waals surface area (Å²) in [5.41, 5.74) is -0.729. The number of benzene rings is 1. The molecule has 0 aliphatic carbocycles. The van der Waals surface area contributed by atoms with Gasteiger partial charge in [-0.15, -0.1) is 0 Å². The van der Waals surface area contributed by atoms with Gasteiger partial charge in [-0.25, -0.2) is 4.79 Å². The maximum Gasteiger partial charge on any atom is 0.488 e. The highest BCUT2D eigenvalue weighted by molar-refractivity contribution is 7.81. The molecule has 1 saturated heterocycles. The Bertz CT molecular complexity index is 1080. The molecule has 2 N–H and O–H groups in total. The molecule has 1 unspecified atom stereocenters. The van der Waals surface area contributed by atoms with Crippen LogP contribution < -0.4 is 14.8 Å². The molecule has 11 nitrogen and oxygen atoms in total. The minimum atomic E-state index is -5.41. The topological polar surface area (TPSA) is 148 Å². The summed E-state index contributed by atoms with van der Waals surface area (Å²) in [7, 11) is -5.41. The van der Waals surface area contributed by atoms with E-state index >= 15 is 0 Å². The largest absolute Gasteiger partial charge is 0.488 e. The Morgan fingerprint density at radius 1 is 1.26 bits per heavy atom. The van der Waals surface area contributed by atoms with Crippen molar-refractivity contribution in [3.63, 3.8) is 0 Å². The average Bonchev–Trinajstić information content (AvgIpc) is 2.89. The van der Waals surface area contributed by atoms with Crippen LogP contribution in [0.1, 0.15) is 49.5 Å². The van der Waals surface area contributed by atoms with Crippen molar-refractivity contribution in [1.82, 2.24) is 10.2 Å². The van der Waals surface area contributed by atoms with Crippen molar-refractivity contribution in [1.29, 1.82) is 0 Å². The number of fused-ring (bicyclic) bond motifs is 1. The van der Waals surface area contributed by atoms with E-state index in [2.05, 4.69) is 14.8 Å². The zero-order valence-corrected chi connectivity index (χ0v) is 17.7. The van der Waals surface area contributed by atoms with Crippen molar-refractivity contribution in [2.45, 2.75) is 51.8 Å². The van der Waals surface area contributed by atoms with Crippen molar-refractivity contribution in [3.8, 4) is 5.75 Å². The molecule has 0 bridgehead atoms. The maximum absolute atomic E-state index is 13.1. The molecule has 2 aliphatic rings. The first-order chi connectivity index (χ1) is 14.2. The van der Waals surface area contributed by atoms with Crippen LogP contribution in [0.5, 0.6) is 5.75 Å². The van der Waals surface area contributed by atoms with Gasteiger partial charge in [-0.2, -0.15) is 8.42 Å². The van der Waals surface area contributed by atoms with Crippen LogP contribution in [0, 0.1) is 0 Å². The highest BCUT2D eigenvalue weighted by atomic mass is 32.3. The lowest BCUT2D eigenvalue weighted by Crippen LogP contribution is -2.52. The van der Waals surface area contributed by atoms with Crippen LogP contribution in [0.4, 0.5) is 14.4 Å². The summed E-state index contributed by atoms with van der Waals surface area (Å²) in [4.78, 5) is 49.9. The number of nitrogens with zero attached hydrogens (tertiary/aromatic N) is 1. The average molecular weight is 457 g/mol. The molecule has 4 amide bonds. The Kier molecular flexibility index (Phi) is 5.65. The summed E-state index contributed by atoms with van der Waals surface area (Å²) >= 11 is 0. The highest BCUT2D eigenvalue weighted by Crippen LogP contribution is 2.36. The van der Waals surface area contributed by atoms with E-state index in [4.69, 9.17) is 4.74 Å². The van der Waals surface area contributed by atoms with Gasteiger partial charge in [-0.3, -0.25) is 25.0 Å². The van der Waals surface area contributed by atoms with Gasteiger partial charge >= 0.3 is 16.6 Å². The van der Waals surface area contributed by atoms with Gasteiger partial charge in [0.1, 0.15) is 17.4 Å². The molecule has 168 valence electrons. The Morgan fingerprint density at radius 3 is 2.52 bits per heavy atom. The number of carbonyl (C=O) groups is 4. The second-order valence-corrected chi connectivity index (χ2v) is 8.95. The van der Waals surface area contributed by atoms with E-state index in [1.165, 1.54) is 4.90 Å². The lowest BCUT2D eigenvalue weighted by Gasteiger charge is -2.29. The summed E-state index contributed by atoms with van der Waals surface area (Å²) in [5, 5.41) is 4.55. The predicted molar refractivity (Wildman–Crippen MR) is 103 cm³/mol. The SMILES string of the molecule is CC(C)(C)OC(=O)Nc1cc(OS(=O)(=O)F)cc2c1CN(C1CCC(=O)NC1=O)C2=O. The fourth-order valence-electron chi connectivity index (χ4n) is 3.32. The van der Waals surface area contributed by atoms with E-state index in [9.17, 15) is 31.5 Å². The van der Waals surface area contributed by atoms with Crippen LogP contribution in [0.3, 0.4) is 0 Å². The van der Waals surface area contributed by atoms with Crippen molar-refractivity contribution < 1.29 is 40.4 Å². The predicted octanol–water partition coefficient (Wildman–Crippen LogP) is 1.39. The van der Waals surface area contributed by atoms with Crippen LogP contribution >= 0.6 is 0 Å². The molecule has 0 aromatic heterocycles. The fraction of sp³-hybridized carbons (Fsp3) is 0.444. The second-order valence-electron chi connectivity index (χ2n) is 8.00. The first kappa shape index (κ1) is 22.5. The first-order valence-corrected chi connectivity index (χ1v) is 10.5. The molecule has 2 heterocycles. The summed E-state index contributed by atoms with van der Waals surface area (Å²) < 4.78 is 44.3. The van der Waals surface area contributed by atoms with Gasteiger partial charge in [0.2, 0.25) is 11.8 Å². The maximum atomic E-state index is 13.1. The summed E-state index contributed by atoms with van der Waals surface area (Å²) in [6.07, 6.45) is -0.767. The zero-order chi connectivity index (χ0) is 23.1. The van der Waals surface area contributed by atoms with Crippen LogP contribution in [0.25, 0.3) is 0 Å². The molecule has 1 atom stereocenters. The number of rotatable bonds is 4. The van der Waals surface area contributed by atoms with Crippen LogP contribution in [-0.2, 0) is 31.4 Å². The number of piperidine rings is 1. The molecular weight excluding hydrogens is 437 g/mol. The number of carbonyl (C=O) groups excluding carboxylic acids is 4. The number of anilines is 1. The quantitative estimate of drug-likeness (QED) is 0.509. The van der Waals surface area contributed by atoms with Gasteiger partial charge in [0, 0.05) is 24.6 Å². The number of nitrogens with one attached hydrogen (secondary N) is 2. The summed E-state index contributed by atoms with van der Waals surface area (Å²) in [6, 6.07) is 1.09. The van der Waals surface area contributed by atoms with Gasteiger partial charge < -0.3 is 13.8 Å². The molecule has 0 spiro atoms. The molecule has 3 rings (SSSR count). The van der Waals surface area contributed by atoms with Gasteiger partial charge in [0.15, 0.2) is 0 Å². The lowest BCUT2D eigenvalue weighted by atomic mass is 10.0. The van der Waals surface area contributed by atoms with Crippen LogP contribution in [0.15, 0.2) is 12.1 Å².